The van der Waals surface area contributed by atoms with E-state index in [9.17, 15) is 13.2 Å². The highest BCUT2D eigenvalue weighted by Crippen LogP contribution is 2.35. The highest BCUT2D eigenvalue weighted by molar-refractivity contribution is 7.92. The first-order chi connectivity index (χ1) is 10.5. The zero-order valence-electron chi connectivity index (χ0n) is 12.1. The quantitative estimate of drug-likeness (QED) is 0.795. The van der Waals surface area contributed by atoms with E-state index in [-0.39, 0.29) is 16.7 Å². The first kappa shape index (κ1) is 14.7. The lowest BCUT2D eigenvalue weighted by Crippen LogP contribution is -2.33. The molecule has 1 aliphatic rings. The molecule has 1 heterocycles. The fraction of sp³-hybridized carbons (Fsp3) is 0.250. The largest absolute Gasteiger partial charge is 0.295 e. The van der Waals surface area contributed by atoms with Crippen LogP contribution in [-0.4, -0.2) is 25.2 Å². The average molecular weight is 316 g/mol. The van der Waals surface area contributed by atoms with E-state index in [1.54, 1.807) is 36.5 Å². The Bertz CT molecular complexity index is 782. The molecule has 0 saturated heterocycles. The summed E-state index contributed by atoms with van der Waals surface area (Å²) in [6.45, 7) is 1.45. The molecule has 0 atom stereocenters. The van der Waals surface area contributed by atoms with E-state index in [0.29, 0.717) is 11.4 Å². The number of pyridine rings is 1. The molecule has 1 saturated carbocycles. The van der Waals surface area contributed by atoms with Crippen molar-refractivity contribution in [3.05, 3.63) is 54.2 Å². The Balaban J connectivity index is 2.01. The lowest BCUT2D eigenvalue weighted by Gasteiger charge is -2.23. The second kappa shape index (κ2) is 5.53. The van der Waals surface area contributed by atoms with E-state index in [4.69, 9.17) is 0 Å². The third-order valence-corrected chi connectivity index (χ3v) is 5.44. The molecule has 0 bridgehead atoms. The van der Waals surface area contributed by atoms with E-state index < -0.39 is 10.0 Å². The van der Waals surface area contributed by atoms with Crippen molar-refractivity contribution in [3.63, 3.8) is 0 Å². The van der Waals surface area contributed by atoms with Gasteiger partial charge in [-0.05, 0) is 44.0 Å². The minimum absolute atomic E-state index is 0.0348. The summed E-state index contributed by atoms with van der Waals surface area (Å²) in [4.78, 5) is 15.7. The minimum atomic E-state index is -3.67. The summed E-state index contributed by atoms with van der Waals surface area (Å²) in [6, 6.07) is 11.2. The van der Waals surface area contributed by atoms with E-state index in [2.05, 4.69) is 4.98 Å². The van der Waals surface area contributed by atoms with Crippen molar-refractivity contribution in [1.29, 1.82) is 0 Å². The molecule has 1 aromatic carbocycles. The highest BCUT2D eigenvalue weighted by atomic mass is 32.2. The van der Waals surface area contributed by atoms with Gasteiger partial charge >= 0.3 is 0 Å². The van der Waals surface area contributed by atoms with Crippen molar-refractivity contribution in [1.82, 2.24) is 4.98 Å². The minimum Gasteiger partial charge on any atom is -0.295 e. The van der Waals surface area contributed by atoms with Gasteiger partial charge in [-0.3, -0.25) is 4.79 Å². The van der Waals surface area contributed by atoms with Crippen LogP contribution in [0.2, 0.25) is 0 Å². The molecule has 0 aliphatic heterocycles. The molecule has 6 heteroatoms. The average Bonchev–Trinajstić information content (AvgIpc) is 3.33. The van der Waals surface area contributed by atoms with Crippen molar-refractivity contribution >= 4 is 21.6 Å². The van der Waals surface area contributed by atoms with E-state index in [1.165, 1.54) is 23.4 Å². The monoisotopic (exact) mass is 316 g/mol. The molecule has 0 amide bonds. The molecule has 22 heavy (non-hydrogen) atoms. The van der Waals surface area contributed by atoms with Gasteiger partial charge in [0.1, 0.15) is 5.82 Å². The van der Waals surface area contributed by atoms with Gasteiger partial charge in [0.2, 0.25) is 0 Å². The summed E-state index contributed by atoms with van der Waals surface area (Å²) in [5.74, 6) is 0.341. The number of anilines is 1. The van der Waals surface area contributed by atoms with Crippen LogP contribution < -0.4 is 4.31 Å². The number of ketones is 1. The summed E-state index contributed by atoms with van der Waals surface area (Å²) in [6.07, 6.45) is 3.25. The third kappa shape index (κ3) is 2.74. The van der Waals surface area contributed by atoms with Gasteiger partial charge in [-0.25, -0.2) is 17.7 Å². The second-order valence-corrected chi connectivity index (χ2v) is 7.12. The van der Waals surface area contributed by atoms with Gasteiger partial charge in [-0.2, -0.15) is 0 Å². The van der Waals surface area contributed by atoms with Gasteiger partial charge in [-0.15, -0.1) is 0 Å². The van der Waals surface area contributed by atoms with Crippen molar-refractivity contribution in [2.24, 2.45) is 0 Å². The number of benzene rings is 1. The number of rotatable bonds is 5. The van der Waals surface area contributed by atoms with E-state index in [0.717, 1.165) is 12.8 Å². The number of carbonyl (C=O) groups is 1. The summed E-state index contributed by atoms with van der Waals surface area (Å²) < 4.78 is 27.2. The van der Waals surface area contributed by atoms with Crippen LogP contribution in [-0.2, 0) is 10.0 Å². The first-order valence-electron chi connectivity index (χ1n) is 7.06. The lowest BCUT2D eigenvalue weighted by molar-refractivity contribution is 0.101. The van der Waals surface area contributed by atoms with Crippen LogP contribution in [0.4, 0.5) is 5.82 Å². The van der Waals surface area contributed by atoms with Gasteiger partial charge < -0.3 is 0 Å². The zero-order valence-corrected chi connectivity index (χ0v) is 13.0. The maximum atomic E-state index is 12.9. The number of nitrogens with zero attached hydrogens (tertiary/aromatic N) is 2. The molecule has 1 aromatic heterocycles. The van der Waals surface area contributed by atoms with Gasteiger partial charge in [0, 0.05) is 17.8 Å². The fourth-order valence-corrected chi connectivity index (χ4v) is 3.94. The van der Waals surface area contributed by atoms with Gasteiger partial charge in [0.05, 0.1) is 4.90 Å². The van der Waals surface area contributed by atoms with Gasteiger partial charge in [0.25, 0.3) is 10.0 Å². The predicted octanol–water partition coefficient (Wildman–Crippen LogP) is 2.64. The number of aromatic nitrogens is 1. The molecule has 3 rings (SSSR count). The number of Topliss-reactive ketones (excluding diaryl/α,β-unsaturated/α-hetero) is 1. The van der Waals surface area contributed by atoms with Gasteiger partial charge in [0.15, 0.2) is 5.78 Å². The van der Waals surface area contributed by atoms with Crippen LogP contribution in [0.25, 0.3) is 0 Å². The van der Waals surface area contributed by atoms with Crippen LogP contribution in [0.1, 0.15) is 30.1 Å². The zero-order chi connectivity index (χ0) is 15.7. The molecule has 2 aromatic rings. The molecule has 0 N–H and O–H groups in total. The molecule has 114 valence electrons. The Morgan fingerprint density at radius 1 is 1.14 bits per heavy atom. The Kier molecular flexibility index (Phi) is 3.70. The van der Waals surface area contributed by atoms with Crippen LogP contribution in [0.3, 0.4) is 0 Å². The molecule has 0 radical (unpaired) electrons. The molecular formula is C16H16N2O3S. The van der Waals surface area contributed by atoms with Gasteiger partial charge in [-0.1, -0.05) is 18.2 Å². The number of hydrogen-bond donors (Lipinski definition) is 0. The van der Waals surface area contributed by atoms with Crippen molar-refractivity contribution in [2.75, 3.05) is 4.31 Å². The normalized spacial score (nSPS) is 14.6. The van der Waals surface area contributed by atoms with E-state index >= 15 is 0 Å². The van der Waals surface area contributed by atoms with Crippen molar-refractivity contribution in [2.45, 2.75) is 30.7 Å². The fourth-order valence-electron chi connectivity index (χ4n) is 2.27. The predicted molar refractivity (Wildman–Crippen MR) is 83.4 cm³/mol. The van der Waals surface area contributed by atoms with Crippen molar-refractivity contribution in [3.8, 4) is 0 Å². The lowest BCUT2D eigenvalue weighted by atomic mass is 10.2. The smallest absolute Gasteiger partial charge is 0.265 e. The molecule has 1 fully saturated rings. The summed E-state index contributed by atoms with van der Waals surface area (Å²) in [5, 5.41) is 0. The SMILES string of the molecule is CC(=O)c1ccc(S(=O)(=O)N(c2ccccn2)C2CC2)cc1. The summed E-state index contributed by atoms with van der Waals surface area (Å²) in [5.41, 5.74) is 0.495. The second-order valence-electron chi connectivity index (χ2n) is 5.30. The summed E-state index contributed by atoms with van der Waals surface area (Å²) in [7, 11) is -3.67. The molecule has 1 aliphatic carbocycles. The number of hydrogen-bond acceptors (Lipinski definition) is 4. The number of carbonyl (C=O) groups excluding carboxylic acids is 1. The molecule has 5 nitrogen and oxygen atoms in total. The van der Waals surface area contributed by atoms with Crippen LogP contribution >= 0.6 is 0 Å². The third-order valence-electron chi connectivity index (χ3n) is 3.57. The Hall–Kier alpha value is -2.21. The number of sulfonamides is 1. The standard InChI is InChI=1S/C16H16N2O3S/c1-12(19)13-5-9-15(10-6-13)22(20,21)18(14-7-8-14)16-4-2-3-11-17-16/h2-6,9-11,14H,7-8H2,1H3. The Labute approximate surface area is 129 Å². The van der Waals surface area contributed by atoms with Crippen molar-refractivity contribution < 1.29 is 13.2 Å². The Morgan fingerprint density at radius 2 is 1.82 bits per heavy atom. The van der Waals surface area contributed by atoms with Crippen LogP contribution in [0.5, 0.6) is 0 Å². The maximum Gasteiger partial charge on any atom is 0.265 e. The summed E-state index contributed by atoms with van der Waals surface area (Å²) >= 11 is 0. The maximum absolute atomic E-state index is 12.9. The molecular weight excluding hydrogens is 300 g/mol. The highest BCUT2D eigenvalue weighted by Gasteiger charge is 2.39. The van der Waals surface area contributed by atoms with E-state index in [1.807, 2.05) is 0 Å². The first-order valence-corrected chi connectivity index (χ1v) is 8.50. The van der Waals surface area contributed by atoms with Crippen LogP contribution in [0.15, 0.2) is 53.6 Å². The molecule has 0 spiro atoms. The Morgan fingerprint density at radius 3 is 2.32 bits per heavy atom. The van der Waals surface area contributed by atoms with Crippen LogP contribution in [0, 0.1) is 0 Å². The molecule has 0 unspecified atom stereocenters. The topological polar surface area (TPSA) is 67.3 Å².